The van der Waals surface area contributed by atoms with Gasteiger partial charge >= 0.3 is 35.8 Å². The summed E-state index contributed by atoms with van der Waals surface area (Å²) in [5.74, 6) is -7.45. The molecule has 1 rings (SSSR count). The fraction of sp³-hybridized carbons (Fsp3) is 0.875. The fourth-order valence-electron chi connectivity index (χ4n) is 6.56. The minimum atomic E-state index is -2.79. The number of ether oxygens (including phenoxy) is 3. The van der Waals surface area contributed by atoms with E-state index in [0.717, 1.165) is 96.3 Å². The molecule has 1 fully saturated rings. The van der Waals surface area contributed by atoms with Crippen molar-refractivity contribution in [1.82, 2.24) is 0 Å². The molecule has 0 spiro atoms. The molecule has 290 valence electrons. The van der Waals surface area contributed by atoms with Crippen LogP contribution in [0.1, 0.15) is 203 Å². The molecule has 0 aliphatic heterocycles. The molecule has 0 aromatic heterocycles. The quantitative estimate of drug-likeness (QED) is 0.0296. The summed E-state index contributed by atoms with van der Waals surface area (Å²) in [6, 6.07) is 0. The molecule has 0 radical (unpaired) electrons. The summed E-state index contributed by atoms with van der Waals surface area (Å²) in [4.78, 5) is 78.1. The summed E-state index contributed by atoms with van der Waals surface area (Å²) in [6.07, 6.45) is 16.8. The number of carbonyl (C=O) groups is 5. The van der Waals surface area contributed by atoms with Crippen LogP contribution in [0, 0.1) is 16.7 Å². The third kappa shape index (κ3) is 17.5. The highest BCUT2D eigenvalue weighted by atomic mass is 17.2. The zero-order chi connectivity index (χ0) is 37.5. The molecule has 1 saturated carbocycles. The van der Waals surface area contributed by atoms with E-state index in [9.17, 15) is 24.0 Å². The minimum Gasteiger partial charge on any atom is -0.387 e. The standard InChI is InChI=1S/C40H70O10/c1-8-11-14-17-19-25-30-35(43)49-50-37(45)39(7,31-38(4,5)6)40(46-33(41)28-23-16-13-10-3,47-34(42)29-24-18-15-12-9-2)48-36(44)32-26-21-20-22-27-32/h32H,8-31H2,1-7H3. The molecular weight excluding hydrogens is 640 g/mol. The molecule has 50 heavy (non-hydrogen) atoms. The fourth-order valence-corrected chi connectivity index (χ4v) is 6.56. The van der Waals surface area contributed by atoms with Crippen LogP contribution in [0.3, 0.4) is 0 Å². The predicted octanol–water partition coefficient (Wildman–Crippen LogP) is 10.4. The second kappa shape index (κ2) is 24.5. The molecule has 2 unspecified atom stereocenters. The first-order valence-electron chi connectivity index (χ1n) is 19.8. The molecule has 0 saturated heterocycles. The Labute approximate surface area is 302 Å². The molecule has 10 nitrogen and oxygen atoms in total. The Bertz CT molecular complexity index is 1010. The molecule has 2 atom stereocenters. The van der Waals surface area contributed by atoms with E-state index >= 15 is 0 Å². The summed E-state index contributed by atoms with van der Waals surface area (Å²) in [7, 11) is 0. The number of hydrogen-bond donors (Lipinski definition) is 0. The van der Waals surface area contributed by atoms with Crippen molar-refractivity contribution in [2.45, 2.75) is 209 Å². The molecule has 0 amide bonds. The van der Waals surface area contributed by atoms with Gasteiger partial charge in [0.05, 0.1) is 12.3 Å². The van der Waals surface area contributed by atoms with E-state index in [1.807, 2.05) is 20.8 Å². The van der Waals surface area contributed by atoms with Crippen LogP contribution in [0.5, 0.6) is 0 Å². The van der Waals surface area contributed by atoms with Gasteiger partial charge in [0.2, 0.25) is 0 Å². The van der Waals surface area contributed by atoms with Crippen molar-refractivity contribution in [1.29, 1.82) is 0 Å². The second-order valence-electron chi connectivity index (χ2n) is 15.6. The van der Waals surface area contributed by atoms with E-state index in [2.05, 4.69) is 20.8 Å². The molecule has 0 aromatic rings. The van der Waals surface area contributed by atoms with Crippen molar-refractivity contribution in [3.8, 4) is 0 Å². The maximum atomic E-state index is 14.2. The first-order valence-corrected chi connectivity index (χ1v) is 19.8. The monoisotopic (exact) mass is 710 g/mol. The Hall–Kier alpha value is -2.65. The summed E-state index contributed by atoms with van der Waals surface area (Å²) in [5, 5.41) is 0. The molecular formula is C40H70O10. The first-order chi connectivity index (χ1) is 23.7. The minimum absolute atomic E-state index is 0.0334. The van der Waals surface area contributed by atoms with Crippen LogP contribution in [0.25, 0.3) is 0 Å². The van der Waals surface area contributed by atoms with Gasteiger partial charge in [-0.2, -0.15) is 0 Å². The molecule has 1 aliphatic rings. The van der Waals surface area contributed by atoms with Gasteiger partial charge in [0.1, 0.15) is 0 Å². The van der Waals surface area contributed by atoms with Crippen LogP contribution in [0.2, 0.25) is 0 Å². The third-order valence-corrected chi connectivity index (χ3v) is 9.34. The Kier molecular flexibility index (Phi) is 22.3. The highest BCUT2D eigenvalue weighted by Crippen LogP contribution is 2.48. The van der Waals surface area contributed by atoms with Gasteiger partial charge in [0.25, 0.3) is 0 Å². The van der Waals surface area contributed by atoms with E-state index in [-0.39, 0.29) is 25.7 Å². The van der Waals surface area contributed by atoms with Crippen molar-refractivity contribution in [2.24, 2.45) is 16.7 Å². The molecule has 0 N–H and O–H groups in total. The molecule has 10 heteroatoms. The van der Waals surface area contributed by atoms with Gasteiger partial charge < -0.3 is 14.2 Å². The molecule has 0 heterocycles. The van der Waals surface area contributed by atoms with Crippen LogP contribution < -0.4 is 0 Å². The van der Waals surface area contributed by atoms with Gasteiger partial charge in [-0.1, -0.05) is 138 Å². The van der Waals surface area contributed by atoms with Crippen LogP contribution in [0.4, 0.5) is 0 Å². The molecule has 0 bridgehead atoms. The van der Waals surface area contributed by atoms with Gasteiger partial charge in [-0.05, 0) is 50.9 Å². The number of rotatable bonds is 25. The van der Waals surface area contributed by atoms with E-state index in [1.165, 1.54) is 6.92 Å². The lowest BCUT2D eigenvalue weighted by Gasteiger charge is -2.44. The largest absolute Gasteiger partial charge is 0.440 e. The average Bonchev–Trinajstić information content (AvgIpc) is 3.06. The number of unbranched alkanes of at least 4 members (excludes halogenated alkanes) is 12. The van der Waals surface area contributed by atoms with Crippen LogP contribution in [-0.4, -0.2) is 35.8 Å². The lowest BCUT2D eigenvalue weighted by atomic mass is 9.72. The summed E-state index contributed by atoms with van der Waals surface area (Å²) in [5.41, 5.74) is -2.77. The first kappa shape index (κ1) is 45.4. The predicted molar refractivity (Wildman–Crippen MR) is 192 cm³/mol. The summed E-state index contributed by atoms with van der Waals surface area (Å²) in [6.45, 7) is 13.2. The van der Waals surface area contributed by atoms with Gasteiger partial charge in [-0.3, -0.25) is 14.4 Å². The summed E-state index contributed by atoms with van der Waals surface area (Å²) >= 11 is 0. The van der Waals surface area contributed by atoms with Crippen molar-refractivity contribution < 1.29 is 48.0 Å². The Morgan fingerprint density at radius 3 is 1.40 bits per heavy atom. The maximum Gasteiger partial charge on any atom is 0.440 e. The lowest BCUT2D eigenvalue weighted by Crippen LogP contribution is -2.61. The smallest absolute Gasteiger partial charge is 0.387 e. The zero-order valence-electron chi connectivity index (χ0n) is 32.6. The SMILES string of the molecule is CCCCCCCCC(=O)OOC(=O)C(C)(CC(C)(C)C)C(OC(=O)CCCCCC)(OC(=O)CCCCCCC)OC(=O)C1CCCCC1. The summed E-state index contributed by atoms with van der Waals surface area (Å²) < 4.78 is 18.0. The Balaban J connectivity index is 3.53. The Morgan fingerprint density at radius 1 is 0.520 bits per heavy atom. The lowest BCUT2D eigenvalue weighted by molar-refractivity contribution is -0.382. The Morgan fingerprint density at radius 2 is 0.940 bits per heavy atom. The van der Waals surface area contributed by atoms with Crippen LogP contribution in [0.15, 0.2) is 0 Å². The number of esters is 3. The van der Waals surface area contributed by atoms with Crippen molar-refractivity contribution >= 4 is 29.8 Å². The highest BCUT2D eigenvalue weighted by Gasteiger charge is 2.67. The number of carbonyl (C=O) groups excluding carboxylic acids is 5. The topological polar surface area (TPSA) is 132 Å². The van der Waals surface area contributed by atoms with Crippen molar-refractivity contribution in [3.63, 3.8) is 0 Å². The number of hydrogen-bond acceptors (Lipinski definition) is 10. The van der Waals surface area contributed by atoms with Gasteiger partial charge in [0, 0.05) is 12.8 Å². The van der Waals surface area contributed by atoms with Crippen LogP contribution in [-0.2, 0) is 48.0 Å². The highest BCUT2D eigenvalue weighted by molar-refractivity contribution is 5.82. The van der Waals surface area contributed by atoms with Gasteiger partial charge in [0.15, 0.2) is 5.41 Å². The van der Waals surface area contributed by atoms with Crippen LogP contribution >= 0.6 is 0 Å². The third-order valence-electron chi connectivity index (χ3n) is 9.34. The van der Waals surface area contributed by atoms with Crippen molar-refractivity contribution in [2.75, 3.05) is 0 Å². The average molecular weight is 711 g/mol. The van der Waals surface area contributed by atoms with Gasteiger partial charge in [-0.25, -0.2) is 19.4 Å². The molecule has 0 aromatic carbocycles. The van der Waals surface area contributed by atoms with E-state index in [0.29, 0.717) is 32.1 Å². The van der Waals surface area contributed by atoms with E-state index in [4.69, 9.17) is 24.0 Å². The zero-order valence-corrected chi connectivity index (χ0v) is 32.6. The normalized spacial score (nSPS) is 16.1. The van der Waals surface area contributed by atoms with Gasteiger partial charge in [-0.15, -0.1) is 0 Å². The maximum absolute atomic E-state index is 14.2. The second-order valence-corrected chi connectivity index (χ2v) is 15.6. The van der Waals surface area contributed by atoms with E-state index in [1.54, 1.807) is 0 Å². The van der Waals surface area contributed by atoms with Crippen molar-refractivity contribution in [3.05, 3.63) is 0 Å². The molecule has 1 aliphatic carbocycles. The van der Waals surface area contributed by atoms with E-state index < -0.39 is 52.6 Å².